The summed E-state index contributed by atoms with van der Waals surface area (Å²) >= 11 is 1.06. The highest BCUT2D eigenvalue weighted by molar-refractivity contribution is 7.91. The molecule has 0 radical (unpaired) electrons. The minimum Gasteiger partial charge on any atom is -0.444 e. The van der Waals surface area contributed by atoms with Gasteiger partial charge in [0.1, 0.15) is 9.97 Å². The molecule has 0 aliphatic rings. The molecule has 0 aromatic carbocycles. The van der Waals surface area contributed by atoms with Gasteiger partial charge in [-0.25, -0.2) is 18.1 Å². The molecule has 2 aromatic heterocycles. The molecule has 0 bridgehead atoms. The van der Waals surface area contributed by atoms with Crippen molar-refractivity contribution >= 4 is 21.4 Å². The third kappa shape index (κ3) is 3.09. The predicted molar refractivity (Wildman–Crippen MR) is 75.0 cm³/mol. The maximum atomic E-state index is 12.1. The van der Waals surface area contributed by atoms with Crippen LogP contribution in [-0.4, -0.2) is 18.5 Å². The van der Waals surface area contributed by atoms with Gasteiger partial charge in [0.25, 0.3) is 10.0 Å². The van der Waals surface area contributed by atoms with E-state index in [1.165, 1.54) is 0 Å². The summed E-state index contributed by atoms with van der Waals surface area (Å²) in [5.41, 5.74) is 1.51. The molecule has 20 heavy (non-hydrogen) atoms. The largest absolute Gasteiger partial charge is 0.444 e. The molecule has 0 spiro atoms. The molecule has 0 saturated carbocycles. The van der Waals surface area contributed by atoms with Gasteiger partial charge in [-0.2, -0.15) is 0 Å². The number of thiophene rings is 1. The van der Waals surface area contributed by atoms with Crippen LogP contribution in [0.2, 0.25) is 0 Å². The van der Waals surface area contributed by atoms with Gasteiger partial charge in [0.05, 0.1) is 18.8 Å². The van der Waals surface area contributed by atoms with Crippen molar-refractivity contribution in [3.05, 3.63) is 33.9 Å². The smallest absolute Gasteiger partial charge is 0.250 e. The number of aryl methyl sites for hydroxylation is 3. The molecule has 0 atom stereocenters. The monoisotopic (exact) mass is 316 g/mol. The molecule has 110 valence electrons. The number of sulfonamides is 1. The van der Waals surface area contributed by atoms with E-state index >= 15 is 0 Å². The molecule has 0 fully saturated rings. The standard InChI is InChI=1S/C12H16N2O4S2/c1-7-4-12(19-10(7)6-15)20(16,17)13-5-11-14-8(2)9(3)18-11/h4,13,15H,5-6H2,1-3H3. The van der Waals surface area contributed by atoms with Crippen LogP contribution >= 0.6 is 11.3 Å². The van der Waals surface area contributed by atoms with Gasteiger partial charge in [0, 0.05) is 4.88 Å². The summed E-state index contributed by atoms with van der Waals surface area (Å²) in [4.78, 5) is 4.76. The van der Waals surface area contributed by atoms with Gasteiger partial charge < -0.3 is 9.52 Å². The number of aliphatic hydroxyl groups is 1. The Labute approximate surface area is 121 Å². The van der Waals surface area contributed by atoms with E-state index in [9.17, 15) is 8.42 Å². The van der Waals surface area contributed by atoms with E-state index < -0.39 is 10.0 Å². The number of rotatable bonds is 5. The first-order valence-electron chi connectivity index (χ1n) is 5.96. The number of nitrogens with one attached hydrogen (secondary N) is 1. The van der Waals surface area contributed by atoms with Gasteiger partial charge in [-0.1, -0.05) is 0 Å². The van der Waals surface area contributed by atoms with E-state index in [1.807, 2.05) is 0 Å². The average Bonchev–Trinajstić information content (AvgIpc) is 2.91. The van der Waals surface area contributed by atoms with Crippen molar-refractivity contribution in [2.75, 3.05) is 0 Å². The third-order valence-corrected chi connectivity index (χ3v) is 5.99. The molecule has 0 aliphatic carbocycles. The van der Waals surface area contributed by atoms with E-state index in [-0.39, 0.29) is 17.4 Å². The zero-order valence-corrected chi connectivity index (χ0v) is 13.1. The number of nitrogens with zero attached hydrogens (tertiary/aromatic N) is 1. The van der Waals surface area contributed by atoms with Crippen LogP contribution in [0.4, 0.5) is 0 Å². The fraction of sp³-hybridized carbons (Fsp3) is 0.417. The Morgan fingerprint density at radius 1 is 1.40 bits per heavy atom. The van der Waals surface area contributed by atoms with Crippen LogP contribution in [0.15, 0.2) is 14.7 Å². The van der Waals surface area contributed by atoms with Crippen molar-refractivity contribution < 1.29 is 17.9 Å². The summed E-state index contributed by atoms with van der Waals surface area (Å²) in [5, 5.41) is 9.11. The highest BCUT2D eigenvalue weighted by Crippen LogP contribution is 2.26. The third-order valence-electron chi connectivity index (χ3n) is 2.89. The lowest BCUT2D eigenvalue weighted by Crippen LogP contribution is -2.22. The molecule has 0 amide bonds. The van der Waals surface area contributed by atoms with Crippen LogP contribution in [-0.2, 0) is 23.2 Å². The molecule has 0 aliphatic heterocycles. The van der Waals surface area contributed by atoms with Gasteiger partial charge >= 0.3 is 0 Å². The fourth-order valence-electron chi connectivity index (χ4n) is 1.62. The SMILES string of the molecule is Cc1cc(S(=O)(=O)NCc2nc(C)c(C)o2)sc1CO. The number of hydrogen-bond acceptors (Lipinski definition) is 6. The molecule has 2 rings (SSSR count). The van der Waals surface area contributed by atoms with Gasteiger partial charge in [-0.15, -0.1) is 11.3 Å². The van der Waals surface area contributed by atoms with Crippen molar-refractivity contribution in [2.24, 2.45) is 0 Å². The van der Waals surface area contributed by atoms with Gasteiger partial charge in [-0.05, 0) is 32.4 Å². The highest BCUT2D eigenvalue weighted by atomic mass is 32.2. The molecule has 2 heterocycles. The van der Waals surface area contributed by atoms with Crippen LogP contribution in [0.1, 0.15) is 27.8 Å². The molecular weight excluding hydrogens is 300 g/mol. The van der Waals surface area contributed by atoms with E-state index in [4.69, 9.17) is 9.52 Å². The summed E-state index contributed by atoms with van der Waals surface area (Å²) in [6, 6.07) is 1.55. The van der Waals surface area contributed by atoms with Crippen LogP contribution < -0.4 is 4.72 Å². The summed E-state index contributed by atoms with van der Waals surface area (Å²) in [5.74, 6) is 1.01. The second kappa shape index (κ2) is 5.65. The average molecular weight is 316 g/mol. The Morgan fingerprint density at radius 3 is 2.60 bits per heavy atom. The first-order valence-corrected chi connectivity index (χ1v) is 8.26. The van der Waals surface area contributed by atoms with Gasteiger partial charge in [0.2, 0.25) is 5.89 Å². The molecule has 2 N–H and O–H groups in total. The van der Waals surface area contributed by atoms with Crippen LogP contribution in [0.25, 0.3) is 0 Å². The van der Waals surface area contributed by atoms with Crippen LogP contribution in [0.5, 0.6) is 0 Å². The molecule has 8 heteroatoms. The predicted octanol–water partition coefficient (Wildman–Crippen LogP) is 1.63. The lowest BCUT2D eigenvalue weighted by Gasteiger charge is -2.01. The number of aliphatic hydroxyl groups excluding tert-OH is 1. The maximum absolute atomic E-state index is 12.1. The first-order chi connectivity index (χ1) is 9.33. The van der Waals surface area contributed by atoms with Crippen molar-refractivity contribution in [2.45, 2.75) is 38.1 Å². The molecule has 6 nitrogen and oxygen atoms in total. The Bertz CT molecular complexity index is 696. The van der Waals surface area contributed by atoms with E-state index in [2.05, 4.69) is 9.71 Å². The minimum absolute atomic E-state index is 0.00240. The van der Waals surface area contributed by atoms with Crippen molar-refractivity contribution in [3.63, 3.8) is 0 Å². The first kappa shape index (κ1) is 15.2. The highest BCUT2D eigenvalue weighted by Gasteiger charge is 2.19. The van der Waals surface area contributed by atoms with E-state index in [1.54, 1.807) is 26.8 Å². The lowest BCUT2D eigenvalue weighted by atomic mass is 10.3. The molecule has 2 aromatic rings. The Kier molecular flexibility index (Phi) is 4.28. The number of oxazole rings is 1. The second-order valence-electron chi connectivity index (χ2n) is 4.40. The van der Waals surface area contributed by atoms with Crippen LogP contribution in [0, 0.1) is 20.8 Å². The summed E-state index contributed by atoms with van der Waals surface area (Å²) in [6.45, 7) is 5.18. The Hall–Kier alpha value is -1.22. The zero-order valence-electron chi connectivity index (χ0n) is 11.4. The molecule has 0 unspecified atom stereocenters. The van der Waals surface area contributed by atoms with Crippen molar-refractivity contribution in [1.29, 1.82) is 0 Å². The van der Waals surface area contributed by atoms with Crippen LogP contribution in [0.3, 0.4) is 0 Å². The maximum Gasteiger partial charge on any atom is 0.250 e. The Morgan fingerprint density at radius 2 is 2.10 bits per heavy atom. The van der Waals surface area contributed by atoms with Crippen molar-refractivity contribution in [3.8, 4) is 0 Å². The summed E-state index contributed by atoms with van der Waals surface area (Å²) in [7, 11) is -3.62. The molecular formula is C12H16N2O4S2. The number of hydrogen-bond donors (Lipinski definition) is 2. The minimum atomic E-state index is -3.62. The van der Waals surface area contributed by atoms with E-state index in [0.717, 1.165) is 22.6 Å². The van der Waals surface area contributed by atoms with Gasteiger partial charge in [-0.3, -0.25) is 0 Å². The Balaban J connectivity index is 2.14. The summed E-state index contributed by atoms with van der Waals surface area (Å²) < 4.78 is 32.2. The van der Waals surface area contributed by atoms with Crippen molar-refractivity contribution in [1.82, 2.24) is 9.71 Å². The second-order valence-corrected chi connectivity index (χ2v) is 7.53. The van der Waals surface area contributed by atoms with E-state index in [0.29, 0.717) is 16.5 Å². The fourth-order valence-corrected chi connectivity index (χ4v) is 4.09. The topological polar surface area (TPSA) is 92.4 Å². The zero-order chi connectivity index (χ0) is 14.9. The number of aromatic nitrogens is 1. The quantitative estimate of drug-likeness (QED) is 0.874. The summed E-state index contributed by atoms with van der Waals surface area (Å²) in [6.07, 6.45) is 0. The lowest BCUT2D eigenvalue weighted by molar-refractivity contribution is 0.285. The molecule has 0 saturated heterocycles. The van der Waals surface area contributed by atoms with Gasteiger partial charge in [0.15, 0.2) is 0 Å². The normalized spacial score (nSPS) is 12.0.